The zero-order valence-corrected chi connectivity index (χ0v) is 12.3. The molecule has 1 N–H and O–H groups in total. The first-order valence-corrected chi connectivity index (χ1v) is 6.69. The van der Waals surface area contributed by atoms with Gasteiger partial charge in [-0.3, -0.25) is 14.9 Å². The predicted octanol–water partition coefficient (Wildman–Crippen LogP) is 3.12. The fourth-order valence-electron chi connectivity index (χ4n) is 1.59. The fraction of sp³-hybridized carbons (Fsp3) is 0. The molecule has 0 radical (unpaired) electrons. The Kier molecular flexibility index (Phi) is 4.78. The van der Waals surface area contributed by atoms with Crippen molar-refractivity contribution >= 4 is 33.7 Å². The van der Waals surface area contributed by atoms with Crippen LogP contribution in [0.5, 0.6) is 0 Å². The van der Waals surface area contributed by atoms with Crippen LogP contribution in [0.15, 0.2) is 58.1 Å². The summed E-state index contributed by atoms with van der Waals surface area (Å²) in [5, 5.41) is 14.4. The minimum absolute atomic E-state index is 0.0314. The molecule has 0 unspecified atom stereocenters. The molecular weight excluding hydrogens is 338 g/mol. The monoisotopic (exact) mass is 347 g/mol. The third kappa shape index (κ3) is 3.96. The SMILES string of the molecule is O=C(NN=Cc1cccc([N+](=O)[O-])c1)c1ccccc1Br. The maximum atomic E-state index is 11.9. The summed E-state index contributed by atoms with van der Waals surface area (Å²) >= 11 is 3.27. The van der Waals surface area contributed by atoms with E-state index < -0.39 is 4.92 Å². The van der Waals surface area contributed by atoms with E-state index in [0.717, 1.165) is 0 Å². The van der Waals surface area contributed by atoms with Crippen molar-refractivity contribution in [3.8, 4) is 0 Å². The largest absolute Gasteiger partial charge is 0.272 e. The molecule has 7 heteroatoms. The summed E-state index contributed by atoms with van der Waals surface area (Å²) in [6, 6.07) is 12.9. The molecule has 0 heterocycles. The van der Waals surface area contributed by atoms with Crippen molar-refractivity contribution in [2.45, 2.75) is 0 Å². The highest BCUT2D eigenvalue weighted by Gasteiger charge is 2.08. The van der Waals surface area contributed by atoms with Gasteiger partial charge in [0.2, 0.25) is 0 Å². The van der Waals surface area contributed by atoms with Crippen LogP contribution >= 0.6 is 15.9 Å². The summed E-state index contributed by atoms with van der Waals surface area (Å²) in [5.74, 6) is -0.371. The highest BCUT2D eigenvalue weighted by molar-refractivity contribution is 9.10. The van der Waals surface area contributed by atoms with Crippen molar-refractivity contribution in [2.24, 2.45) is 5.10 Å². The number of rotatable bonds is 4. The molecular formula is C14H10BrN3O3. The Morgan fingerprint density at radius 2 is 2.00 bits per heavy atom. The molecule has 106 valence electrons. The van der Waals surface area contributed by atoms with Gasteiger partial charge in [-0.05, 0) is 28.1 Å². The quantitative estimate of drug-likeness (QED) is 0.523. The number of nitro groups is 1. The summed E-state index contributed by atoms with van der Waals surface area (Å²) in [6.07, 6.45) is 1.35. The minimum atomic E-state index is -0.489. The minimum Gasteiger partial charge on any atom is -0.267 e. The average molecular weight is 348 g/mol. The summed E-state index contributed by atoms with van der Waals surface area (Å²) in [5.41, 5.74) is 3.31. The average Bonchev–Trinajstić information content (AvgIpc) is 2.48. The van der Waals surface area contributed by atoms with Gasteiger partial charge in [-0.15, -0.1) is 0 Å². The first-order chi connectivity index (χ1) is 10.1. The van der Waals surface area contributed by atoms with E-state index in [4.69, 9.17) is 0 Å². The topological polar surface area (TPSA) is 84.6 Å². The van der Waals surface area contributed by atoms with E-state index in [-0.39, 0.29) is 11.6 Å². The van der Waals surface area contributed by atoms with E-state index in [9.17, 15) is 14.9 Å². The third-order valence-corrected chi connectivity index (χ3v) is 3.27. The molecule has 0 saturated heterocycles. The molecule has 21 heavy (non-hydrogen) atoms. The van der Waals surface area contributed by atoms with E-state index >= 15 is 0 Å². The predicted molar refractivity (Wildman–Crippen MR) is 82.3 cm³/mol. The Bertz CT molecular complexity index is 716. The van der Waals surface area contributed by atoms with Gasteiger partial charge >= 0.3 is 0 Å². The van der Waals surface area contributed by atoms with Crippen molar-refractivity contribution in [3.05, 3.63) is 74.2 Å². The van der Waals surface area contributed by atoms with Crippen LogP contribution in [-0.2, 0) is 0 Å². The normalized spacial score (nSPS) is 10.5. The zero-order valence-electron chi connectivity index (χ0n) is 10.7. The van der Waals surface area contributed by atoms with Crippen molar-refractivity contribution in [3.63, 3.8) is 0 Å². The summed E-state index contributed by atoms with van der Waals surface area (Å²) in [4.78, 5) is 22.0. The van der Waals surface area contributed by atoms with Crippen molar-refractivity contribution in [1.29, 1.82) is 0 Å². The Hall–Kier alpha value is -2.54. The van der Waals surface area contributed by atoms with E-state index in [1.54, 1.807) is 36.4 Å². The first-order valence-electron chi connectivity index (χ1n) is 5.90. The van der Waals surface area contributed by atoms with Gasteiger partial charge in [-0.1, -0.05) is 24.3 Å². The number of nitro benzene ring substituents is 1. The summed E-state index contributed by atoms with van der Waals surface area (Å²) in [7, 11) is 0. The molecule has 2 aromatic rings. The maximum Gasteiger partial charge on any atom is 0.272 e. The molecule has 0 atom stereocenters. The van der Waals surface area contributed by atoms with Crippen LogP contribution in [0.4, 0.5) is 5.69 Å². The van der Waals surface area contributed by atoms with Crippen LogP contribution in [0, 0.1) is 10.1 Å². The molecule has 0 fully saturated rings. The second-order valence-electron chi connectivity index (χ2n) is 4.03. The molecule has 0 aliphatic rings. The number of halogens is 1. The number of nitrogens with one attached hydrogen (secondary N) is 1. The van der Waals surface area contributed by atoms with Gasteiger partial charge in [0.1, 0.15) is 0 Å². The molecule has 1 amide bonds. The van der Waals surface area contributed by atoms with Gasteiger partial charge in [0.25, 0.3) is 11.6 Å². The van der Waals surface area contributed by atoms with Crippen LogP contribution in [-0.4, -0.2) is 17.0 Å². The Morgan fingerprint density at radius 1 is 1.24 bits per heavy atom. The standard InChI is InChI=1S/C14H10BrN3O3/c15-13-7-2-1-6-12(13)14(19)17-16-9-10-4-3-5-11(8-10)18(20)21/h1-9H,(H,17,19). The second-order valence-corrected chi connectivity index (χ2v) is 4.89. The number of benzene rings is 2. The van der Waals surface area contributed by atoms with E-state index in [1.807, 2.05) is 0 Å². The highest BCUT2D eigenvalue weighted by atomic mass is 79.9. The summed E-state index contributed by atoms with van der Waals surface area (Å²) in [6.45, 7) is 0. The van der Waals surface area contributed by atoms with Crippen molar-refractivity contribution in [2.75, 3.05) is 0 Å². The van der Waals surface area contributed by atoms with Gasteiger partial charge < -0.3 is 0 Å². The van der Waals surface area contributed by atoms with E-state index in [1.165, 1.54) is 18.3 Å². The lowest BCUT2D eigenvalue weighted by molar-refractivity contribution is -0.384. The van der Waals surface area contributed by atoms with Gasteiger partial charge in [0, 0.05) is 22.2 Å². The maximum absolute atomic E-state index is 11.9. The lowest BCUT2D eigenvalue weighted by Gasteiger charge is -2.01. The van der Waals surface area contributed by atoms with Crippen LogP contribution in [0.1, 0.15) is 15.9 Å². The number of hydrazone groups is 1. The zero-order chi connectivity index (χ0) is 15.2. The number of nitrogens with zero attached hydrogens (tertiary/aromatic N) is 2. The van der Waals surface area contributed by atoms with Crippen LogP contribution in [0.3, 0.4) is 0 Å². The van der Waals surface area contributed by atoms with E-state index in [0.29, 0.717) is 15.6 Å². The number of non-ortho nitro benzene ring substituents is 1. The third-order valence-electron chi connectivity index (χ3n) is 2.58. The molecule has 0 aromatic heterocycles. The molecule has 2 rings (SSSR count). The molecule has 0 aliphatic carbocycles. The van der Waals surface area contributed by atoms with Crippen LogP contribution < -0.4 is 5.43 Å². The Labute approximate surface area is 128 Å². The highest BCUT2D eigenvalue weighted by Crippen LogP contribution is 2.15. The number of hydrogen-bond donors (Lipinski definition) is 1. The Morgan fingerprint density at radius 3 is 2.71 bits per heavy atom. The number of hydrogen-bond acceptors (Lipinski definition) is 4. The Balaban J connectivity index is 2.06. The number of carbonyl (C=O) groups is 1. The summed E-state index contributed by atoms with van der Waals surface area (Å²) < 4.78 is 0.660. The first kappa shape index (κ1) is 14.9. The molecule has 2 aromatic carbocycles. The van der Waals surface area contributed by atoms with E-state index in [2.05, 4.69) is 26.5 Å². The molecule has 0 aliphatic heterocycles. The van der Waals surface area contributed by atoms with Crippen molar-refractivity contribution < 1.29 is 9.72 Å². The van der Waals surface area contributed by atoms with Crippen LogP contribution in [0.25, 0.3) is 0 Å². The van der Waals surface area contributed by atoms with Gasteiger partial charge in [0.15, 0.2) is 0 Å². The number of amides is 1. The molecule has 0 bridgehead atoms. The number of carbonyl (C=O) groups excluding carboxylic acids is 1. The van der Waals surface area contributed by atoms with Crippen LogP contribution in [0.2, 0.25) is 0 Å². The molecule has 0 spiro atoms. The lowest BCUT2D eigenvalue weighted by atomic mass is 10.2. The van der Waals surface area contributed by atoms with Crippen molar-refractivity contribution in [1.82, 2.24) is 5.43 Å². The van der Waals surface area contributed by atoms with Gasteiger partial charge in [-0.25, -0.2) is 5.43 Å². The fourth-order valence-corrected chi connectivity index (χ4v) is 2.05. The second kappa shape index (κ2) is 6.76. The van der Waals surface area contributed by atoms with Gasteiger partial charge in [-0.2, -0.15) is 5.10 Å². The molecule has 0 saturated carbocycles. The lowest BCUT2D eigenvalue weighted by Crippen LogP contribution is -2.18. The molecule has 6 nitrogen and oxygen atoms in total. The van der Waals surface area contributed by atoms with Gasteiger partial charge in [0.05, 0.1) is 16.7 Å². The smallest absolute Gasteiger partial charge is 0.267 e.